The Labute approximate surface area is 111 Å². The van der Waals surface area contributed by atoms with E-state index >= 15 is 0 Å². The molecule has 0 saturated heterocycles. The van der Waals surface area contributed by atoms with Gasteiger partial charge in [-0.15, -0.1) is 0 Å². The van der Waals surface area contributed by atoms with Crippen molar-refractivity contribution in [3.8, 4) is 0 Å². The molecule has 0 spiro atoms. The first-order chi connectivity index (χ1) is 9.22. The van der Waals surface area contributed by atoms with Crippen LogP contribution in [-0.2, 0) is 13.6 Å². The van der Waals surface area contributed by atoms with E-state index in [4.69, 9.17) is 0 Å². The third kappa shape index (κ3) is 2.40. The minimum absolute atomic E-state index is 0.632. The van der Waals surface area contributed by atoms with Crippen molar-refractivity contribution < 1.29 is 0 Å². The van der Waals surface area contributed by atoms with Crippen molar-refractivity contribution in [2.45, 2.75) is 13.5 Å². The molecule has 2 heterocycles. The lowest BCUT2D eigenvalue weighted by atomic mass is 10.1. The van der Waals surface area contributed by atoms with Crippen molar-refractivity contribution in [2.75, 3.05) is 5.32 Å². The zero-order valence-electron chi connectivity index (χ0n) is 11.0. The van der Waals surface area contributed by atoms with E-state index in [-0.39, 0.29) is 0 Å². The first-order valence-electron chi connectivity index (χ1n) is 6.16. The van der Waals surface area contributed by atoms with Crippen LogP contribution < -0.4 is 5.32 Å². The number of rotatable bonds is 3. The Kier molecular flexibility index (Phi) is 2.87. The minimum atomic E-state index is 0.632. The molecule has 5 heteroatoms. The molecule has 3 aromatic rings. The highest BCUT2D eigenvalue weighted by Gasteiger charge is 2.06. The van der Waals surface area contributed by atoms with Gasteiger partial charge in [0.25, 0.3) is 0 Å². The van der Waals surface area contributed by atoms with Gasteiger partial charge in [-0.25, -0.2) is 9.97 Å². The average Bonchev–Trinajstić information content (AvgIpc) is 2.77. The van der Waals surface area contributed by atoms with Gasteiger partial charge in [0.2, 0.25) is 5.95 Å². The van der Waals surface area contributed by atoms with Gasteiger partial charge < -0.3 is 5.32 Å². The van der Waals surface area contributed by atoms with Crippen LogP contribution in [0.25, 0.3) is 10.9 Å². The summed E-state index contributed by atoms with van der Waals surface area (Å²) in [6.07, 6.45) is 5.48. The summed E-state index contributed by atoms with van der Waals surface area (Å²) in [5.41, 5.74) is 3.41. The van der Waals surface area contributed by atoms with Crippen LogP contribution in [0, 0.1) is 6.92 Å². The molecule has 5 nitrogen and oxygen atoms in total. The molecule has 0 amide bonds. The molecule has 19 heavy (non-hydrogen) atoms. The van der Waals surface area contributed by atoms with E-state index in [0.29, 0.717) is 12.5 Å². The standard InChI is InChI=1S/C14H15N5/c1-10-6-11(8-17-14-15-4-3-5-16-14)13-12(7-10)9-19(2)18-13/h3-7,9H,8H2,1-2H3,(H,15,16,17). The van der Waals surface area contributed by atoms with Gasteiger partial charge in [0, 0.05) is 37.6 Å². The maximum absolute atomic E-state index is 4.50. The van der Waals surface area contributed by atoms with E-state index in [2.05, 4.69) is 39.4 Å². The summed E-state index contributed by atoms with van der Waals surface area (Å²) in [5.74, 6) is 0.632. The predicted octanol–water partition coefficient (Wildman–Crippen LogP) is 2.28. The number of aryl methyl sites for hydroxylation is 2. The second-order valence-corrected chi connectivity index (χ2v) is 4.59. The molecular weight excluding hydrogens is 238 g/mol. The second kappa shape index (κ2) is 4.68. The highest BCUT2D eigenvalue weighted by atomic mass is 15.2. The molecule has 0 atom stereocenters. The molecule has 0 bridgehead atoms. The van der Waals surface area contributed by atoms with E-state index in [1.54, 1.807) is 18.5 Å². The lowest BCUT2D eigenvalue weighted by molar-refractivity contribution is 0.778. The molecule has 0 fully saturated rings. The third-order valence-corrected chi connectivity index (χ3v) is 2.95. The average molecular weight is 253 g/mol. The largest absolute Gasteiger partial charge is 0.350 e. The Balaban J connectivity index is 1.92. The highest BCUT2D eigenvalue weighted by Crippen LogP contribution is 2.20. The molecule has 0 aliphatic carbocycles. The third-order valence-electron chi connectivity index (χ3n) is 2.95. The molecule has 0 radical (unpaired) electrons. The maximum Gasteiger partial charge on any atom is 0.222 e. The fraction of sp³-hybridized carbons (Fsp3) is 0.214. The van der Waals surface area contributed by atoms with Crippen LogP contribution in [0.1, 0.15) is 11.1 Å². The van der Waals surface area contributed by atoms with Crippen LogP contribution >= 0.6 is 0 Å². The summed E-state index contributed by atoms with van der Waals surface area (Å²) in [5, 5.41) is 8.88. The zero-order valence-corrected chi connectivity index (χ0v) is 11.0. The lowest BCUT2D eigenvalue weighted by Crippen LogP contribution is -2.04. The lowest BCUT2D eigenvalue weighted by Gasteiger charge is -2.06. The van der Waals surface area contributed by atoms with Crippen LogP contribution in [0.5, 0.6) is 0 Å². The van der Waals surface area contributed by atoms with Gasteiger partial charge in [-0.1, -0.05) is 6.07 Å². The monoisotopic (exact) mass is 253 g/mol. The van der Waals surface area contributed by atoms with Crippen LogP contribution in [0.3, 0.4) is 0 Å². The van der Waals surface area contributed by atoms with Gasteiger partial charge in [0.1, 0.15) is 0 Å². The number of aromatic nitrogens is 4. The van der Waals surface area contributed by atoms with E-state index in [1.807, 2.05) is 17.9 Å². The fourth-order valence-corrected chi connectivity index (χ4v) is 2.19. The Morgan fingerprint density at radius 3 is 2.79 bits per heavy atom. The number of nitrogens with zero attached hydrogens (tertiary/aromatic N) is 4. The Bertz CT molecular complexity index is 702. The SMILES string of the molecule is Cc1cc(CNc2ncccn2)c2nn(C)cc2c1. The smallest absolute Gasteiger partial charge is 0.222 e. The van der Waals surface area contributed by atoms with Crippen molar-refractivity contribution >= 4 is 16.9 Å². The predicted molar refractivity (Wildman–Crippen MR) is 74.8 cm³/mol. The Morgan fingerprint density at radius 2 is 2.00 bits per heavy atom. The van der Waals surface area contributed by atoms with Crippen LogP contribution in [-0.4, -0.2) is 19.7 Å². The van der Waals surface area contributed by atoms with Gasteiger partial charge in [-0.2, -0.15) is 5.10 Å². The fourth-order valence-electron chi connectivity index (χ4n) is 2.19. The molecule has 3 rings (SSSR count). The Morgan fingerprint density at radius 1 is 1.21 bits per heavy atom. The van der Waals surface area contributed by atoms with Crippen LogP contribution in [0.2, 0.25) is 0 Å². The molecule has 0 aliphatic rings. The summed E-state index contributed by atoms with van der Waals surface area (Å²) in [7, 11) is 1.94. The number of benzene rings is 1. The van der Waals surface area contributed by atoms with Gasteiger partial charge in [-0.3, -0.25) is 4.68 Å². The molecule has 1 N–H and O–H groups in total. The van der Waals surface area contributed by atoms with Crippen molar-refractivity contribution in [3.63, 3.8) is 0 Å². The summed E-state index contributed by atoms with van der Waals surface area (Å²) >= 11 is 0. The van der Waals surface area contributed by atoms with Crippen LogP contribution in [0.15, 0.2) is 36.8 Å². The molecule has 0 aliphatic heterocycles. The molecule has 2 aromatic heterocycles. The summed E-state index contributed by atoms with van der Waals surface area (Å²) in [4.78, 5) is 8.31. The molecular formula is C14H15N5. The van der Waals surface area contributed by atoms with E-state index < -0.39 is 0 Å². The highest BCUT2D eigenvalue weighted by molar-refractivity contribution is 5.82. The number of hydrogen-bond donors (Lipinski definition) is 1. The number of nitrogens with one attached hydrogen (secondary N) is 1. The van der Waals surface area contributed by atoms with Gasteiger partial charge in [0.05, 0.1) is 5.52 Å². The summed E-state index contributed by atoms with van der Waals surface area (Å²) in [6, 6.07) is 6.09. The van der Waals surface area contributed by atoms with Crippen molar-refractivity contribution in [3.05, 3.63) is 47.9 Å². The molecule has 0 saturated carbocycles. The molecule has 0 unspecified atom stereocenters. The van der Waals surface area contributed by atoms with Crippen molar-refractivity contribution in [1.82, 2.24) is 19.7 Å². The second-order valence-electron chi connectivity index (χ2n) is 4.59. The van der Waals surface area contributed by atoms with E-state index in [9.17, 15) is 0 Å². The quantitative estimate of drug-likeness (QED) is 0.778. The van der Waals surface area contributed by atoms with E-state index in [1.165, 1.54) is 5.56 Å². The number of fused-ring (bicyclic) bond motifs is 1. The number of hydrogen-bond acceptors (Lipinski definition) is 4. The van der Waals surface area contributed by atoms with Crippen molar-refractivity contribution in [2.24, 2.45) is 7.05 Å². The molecule has 96 valence electrons. The summed E-state index contributed by atoms with van der Waals surface area (Å²) < 4.78 is 1.84. The first kappa shape index (κ1) is 11.6. The normalized spacial score (nSPS) is 10.8. The zero-order chi connectivity index (χ0) is 13.2. The maximum atomic E-state index is 4.50. The van der Waals surface area contributed by atoms with Crippen molar-refractivity contribution in [1.29, 1.82) is 0 Å². The topological polar surface area (TPSA) is 55.6 Å². The minimum Gasteiger partial charge on any atom is -0.350 e. The van der Waals surface area contributed by atoms with Crippen LogP contribution in [0.4, 0.5) is 5.95 Å². The summed E-state index contributed by atoms with van der Waals surface area (Å²) in [6.45, 7) is 2.76. The number of anilines is 1. The van der Waals surface area contributed by atoms with Gasteiger partial charge in [-0.05, 0) is 30.2 Å². The van der Waals surface area contributed by atoms with Gasteiger partial charge in [0.15, 0.2) is 0 Å². The van der Waals surface area contributed by atoms with E-state index in [0.717, 1.165) is 16.5 Å². The first-order valence-corrected chi connectivity index (χ1v) is 6.16. The Hall–Kier alpha value is -2.43. The molecule has 1 aromatic carbocycles. The van der Waals surface area contributed by atoms with Gasteiger partial charge >= 0.3 is 0 Å².